The Morgan fingerprint density at radius 2 is 0.983 bits per heavy atom. The first-order chi connectivity index (χ1) is 28.1. The van der Waals surface area contributed by atoms with Crippen molar-refractivity contribution in [1.82, 2.24) is 0 Å². The van der Waals surface area contributed by atoms with E-state index in [1.807, 2.05) is 21.1 Å². The number of carbonyl (C=O) groups excluding carboxylic acids is 1. The van der Waals surface area contributed by atoms with E-state index < -0.39 is 13.9 Å². The number of likely N-dealkylation sites (N-methyl/N-ethyl adjacent to an activating group) is 1. The monoisotopic (exact) mass is 839 g/mol. The standard InChI is InChI=1S/C49H92NO7P/c1-6-8-10-12-14-16-18-19-20-21-22-23-24-25-26-27-28-29-30-31-32-33-35-37-39-41-44-54-46-48(47-56-58(52,53)55-45-43-50(3,4)5)57-49(51)42-40-38-36-34-17-15-13-11-9-7-2/h11,13,18-19,21-22,24-25,48H,6-10,12,14-17,20,23,26-47H2,1-5H3/p+1/b13-11-,19-18-,22-21-,25-24-. The second kappa shape index (κ2) is 42.2. The fourth-order valence-electron chi connectivity index (χ4n) is 6.39. The molecule has 2 atom stereocenters. The van der Waals surface area contributed by atoms with Gasteiger partial charge in [-0.2, -0.15) is 0 Å². The third-order valence-corrected chi connectivity index (χ3v) is 11.1. The molecule has 0 fully saturated rings. The molecule has 0 aliphatic heterocycles. The van der Waals surface area contributed by atoms with E-state index in [0.29, 0.717) is 24.1 Å². The minimum Gasteiger partial charge on any atom is -0.457 e. The molecular weight excluding hydrogens is 746 g/mol. The Morgan fingerprint density at radius 3 is 1.50 bits per heavy atom. The summed E-state index contributed by atoms with van der Waals surface area (Å²) in [6.07, 6.45) is 51.6. The van der Waals surface area contributed by atoms with Gasteiger partial charge in [0, 0.05) is 13.0 Å². The highest BCUT2D eigenvalue weighted by atomic mass is 31.2. The highest BCUT2D eigenvalue weighted by Gasteiger charge is 2.26. The molecule has 340 valence electrons. The van der Waals surface area contributed by atoms with Crippen molar-refractivity contribution < 1.29 is 37.3 Å². The van der Waals surface area contributed by atoms with Crippen molar-refractivity contribution in [3.8, 4) is 0 Å². The number of nitrogens with zero attached hydrogens (tertiary/aromatic N) is 1. The minimum absolute atomic E-state index is 0.0854. The average Bonchev–Trinajstić information content (AvgIpc) is 3.18. The van der Waals surface area contributed by atoms with Crippen LogP contribution in [0.4, 0.5) is 0 Å². The first-order valence-corrected chi connectivity index (χ1v) is 25.4. The van der Waals surface area contributed by atoms with Gasteiger partial charge < -0.3 is 18.9 Å². The lowest BCUT2D eigenvalue weighted by Gasteiger charge is -2.24. The smallest absolute Gasteiger partial charge is 0.457 e. The molecule has 0 amide bonds. The van der Waals surface area contributed by atoms with E-state index in [4.69, 9.17) is 18.5 Å². The molecule has 0 heterocycles. The summed E-state index contributed by atoms with van der Waals surface area (Å²) >= 11 is 0. The Hall–Kier alpha value is -1.54. The molecule has 8 nitrogen and oxygen atoms in total. The van der Waals surface area contributed by atoms with Gasteiger partial charge in [-0.15, -0.1) is 0 Å². The SMILES string of the molecule is CCC/C=C\CCCCCCCC(=O)OC(COCCCCCCCCCCCCC/C=C\C/C=C\C/C=C\CCCCCCC)COP(=O)(O)OCC[N+](C)(C)C. The van der Waals surface area contributed by atoms with Crippen LogP contribution in [0, 0.1) is 0 Å². The molecule has 0 aliphatic carbocycles. The largest absolute Gasteiger partial charge is 0.472 e. The lowest BCUT2D eigenvalue weighted by Crippen LogP contribution is -2.37. The van der Waals surface area contributed by atoms with Gasteiger partial charge in [0.25, 0.3) is 0 Å². The van der Waals surface area contributed by atoms with Gasteiger partial charge in [0.05, 0.1) is 34.4 Å². The number of phosphoric ester groups is 1. The van der Waals surface area contributed by atoms with Crippen LogP contribution in [0.15, 0.2) is 48.6 Å². The number of quaternary nitrogens is 1. The second-order valence-corrected chi connectivity index (χ2v) is 18.6. The van der Waals surface area contributed by atoms with Gasteiger partial charge in [-0.25, -0.2) is 4.57 Å². The Kier molecular flexibility index (Phi) is 41.0. The van der Waals surface area contributed by atoms with Crippen molar-refractivity contribution >= 4 is 13.8 Å². The van der Waals surface area contributed by atoms with Crippen LogP contribution in [0.3, 0.4) is 0 Å². The number of hydrogen-bond acceptors (Lipinski definition) is 6. The van der Waals surface area contributed by atoms with E-state index in [0.717, 1.165) is 64.2 Å². The van der Waals surface area contributed by atoms with Gasteiger partial charge >= 0.3 is 13.8 Å². The molecule has 0 aromatic heterocycles. The Labute approximate surface area is 358 Å². The van der Waals surface area contributed by atoms with Crippen LogP contribution in [0.2, 0.25) is 0 Å². The molecule has 0 saturated heterocycles. The summed E-state index contributed by atoms with van der Waals surface area (Å²) in [6.45, 7) is 5.53. The van der Waals surface area contributed by atoms with E-state index in [2.05, 4.69) is 62.5 Å². The van der Waals surface area contributed by atoms with E-state index in [9.17, 15) is 14.3 Å². The number of phosphoric acid groups is 1. The molecule has 58 heavy (non-hydrogen) atoms. The van der Waals surface area contributed by atoms with Gasteiger partial charge in [-0.3, -0.25) is 13.8 Å². The number of allylic oxidation sites excluding steroid dienone is 8. The first-order valence-electron chi connectivity index (χ1n) is 23.9. The van der Waals surface area contributed by atoms with Crippen molar-refractivity contribution in [2.75, 3.05) is 54.1 Å². The van der Waals surface area contributed by atoms with Crippen molar-refractivity contribution in [2.45, 2.75) is 206 Å². The molecule has 0 rings (SSSR count). The lowest BCUT2D eigenvalue weighted by molar-refractivity contribution is -0.870. The van der Waals surface area contributed by atoms with Crippen LogP contribution >= 0.6 is 7.82 Å². The fourth-order valence-corrected chi connectivity index (χ4v) is 7.13. The number of hydrogen-bond donors (Lipinski definition) is 1. The minimum atomic E-state index is -4.28. The van der Waals surface area contributed by atoms with Crippen LogP contribution in [-0.4, -0.2) is 75.6 Å². The predicted molar refractivity (Wildman–Crippen MR) is 247 cm³/mol. The van der Waals surface area contributed by atoms with E-state index >= 15 is 0 Å². The molecule has 0 spiro atoms. The van der Waals surface area contributed by atoms with E-state index in [-0.39, 0.29) is 25.8 Å². The number of rotatable bonds is 44. The maximum Gasteiger partial charge on any atom is 0.472 e. The van der Waals surface area contributed by atoms with Crippen molar-refractivity contribution in [3.63, 3.8) is 0 Å². The Balaban J connectivity index is 4.05. The van der Waals surface area contributed by atoms with Crippen LogP contribution in [-0.2, 0) is 27.9 Å². The van der Waals surface area contributed by atoms with E-state index in [1.165, 1.54) is 116 Å². The third kappa shape index (κ3) is 45.5. The van der Waals surface area contributed by atoms with Gasteiger partial charge in [0.2, 0.25) is 0 Å². The first kappa shape index (κ1) is 56.5. The quantitative estimate of drug-likeness (QED) is 0.0215. The number of carbonyl (C=O) groups is 1. The maximum atomic E-state index is 12.6. The summed E-state index contributed by atoms with van der Waals surface area (Å²) in [5, 5.41) is 0. The van der Waals surface area contributed by atoms with Gasteiger partial charge in [-0.1, -0.05) is 172 Å². The number of esters is 1. The molecular formula is C49H93NO7P+. The molecule has 2 unspecified atom stereocenters. The Morgan fingerprint density at radius 1 is 0.534 bits per heavy atom. The zero-order valence-corrected chi connectivity index (χ0v) is 39.4. The summed E-state index contributed by atoms with van der Waals surface area (Å²) in [5.74, 6) is -0.327. The van der Waals surface area contributed by atoms with Gasteiger partial charge in [0.15, 0.2) is 0 Å². The molecule has 9 heteroatoms. The zero-order valence-electron chi connectivity index (χ0n) is 38.5. The summed E-state index contributed by atoms with van der Waals surface area (Å²) < 4.78 is 35.0. The normalized spacial score (nSPS) is 14.1. The highest BCUT2D eigenvalue weighted by Crippen LogP contribution is 2.43. The fraction of sp³-hybridized carbons (Fsp3) is 0.816. The summed E-state index contributed by atoms with van der Waals surface area (Å²) in [5.41, 5.74) is 0. The molecule has 0 aromatic carbocycles. The maximum absolute atomic E-state index is 12.6. The molecule has 0 aliphatic rings. The summed E-state index contributed by atoms with van der Waals surface area (Å²) in [7, 11) is 1.66. The van der Waals surface area contributed by atoms with Crippen molar-refractivity contribution in [2.24, 2.45) is 0 Å². The van der Waals surface area contributed by atoms with E-state index in [1.54, 1.807) is 0 Å². The van der Waals surface area contributed by atoms with Gasteiger partial charge in [-0.05, 0) is 70.6 Å². The van der Waals surface area contributed by atoms with Crippen LogP contribution in [0.5, 0.6) is 0 Å². The number of unbranched alkanes of at least 4 members (excludes halogenated alkanes) is 22. The van der Waals surface area contributed by atoms with Crippen LogP contribution in [0.1, 0.15) is 200 Å². The second-order valence-electron chi connectivity index (χ2n) is 17.1. The highest BCUT2D eigenvalue weighted by molar-refractivity contribution is 7.47. The predicted octanol–water partition coefficient (Wildman–Crippen LogP) is 14.3. The summed E-state index contributed by atoms with van der Waals surface area (Å²) in [4.78, 5) is 22.8. The molecule has 0 saturated carbocycles. The third-order valence-electron chi connectivity index (χ3n) is 10.1. The van der Waals surface area contributed by atoms with Crippen molar-refractivity contribution in [1.29, 1.82) is 0 Å². The van der Waals surface area contributed by atoms with Crippen LogP contribution in [0.25, 0.3) is 0 Å². The molecule has 0 radical (unpaired) electrons. The zero-order chi connectivity index (χ0) is 42.7. The lowest BCUT2D eigenvalue weighted by atomic mass is 10.1. The average molecular weight is 839 g/mol. The van der Waals surface area contributed by atoms with Crippen molar-refractivity contribution in [3.05, 3.63) is 48.6 Å². The molecule has 1 N–H and O–H groups in total. The summed E-state index contributed by atoms with van der Waals surface area (Å²) in [6, 6.07) is 0. The van der Waals surface area contributed by atoms with Crippen LogP contribution < -0.4 is 0 Å². The Bertz CT molecular complexity index is 1070. The van der Waals surface area contributed by atoms with Gasteiger partial charge in [0.1, 0.15) is 19.3 Å². The molecule has 0 bridgehead atoms. The molecule has 0 aromatic rings. The topological polar surface area (TPSA) is 91.3 Å². The number of ether oxygens (including phenoxy) is 2.